The molecule has 0 aliphatic carbocycles. The highest BCUT2D eigenvalue weighted by Crippen LogP contribution is 2.41. The van der Waals surface area contributed by atoms with Crippen molar-refractivity contribution in [2.24, 2.45) is 0 Å². The van der Waals surface area contributed by atoms with Gasteiger partial charge in [-0.25, -0.2) is 14.2 Å². The van der Waals surface area contributed by atoms with Crippen molar-refractivity contribution < 1.29 is 23.9 Å². The summed E-state index contributed by atoms with van der Waals surface area (Å²) >= 11 is 0. The van der Waals surface area contributed by atoms with Crippen molar-refractivity contribution in [1.82, 2.24) is 9.63 Å². The van der Waals surface area contributed by atoms with E-state index in [0.29, 0.717) is 11.2 Å². The molecule has 1 unspecified atom stereocenters. The van der Waals surface area contributed by atoms with Crippen LogP contribution in [0.2, 0.25) is 0 Å². The van der Waals surface area contributed by atoms with E-state index >= 15 is 0 Å². The number of para-hydroxylation sites is 1. The average molecular weight is 408 g/mol. The Labute approximate surface area is 174 Å². The number of ether oxygens (including phenoxy) is 2. The van der Waals surface area contributed by atoms with Crippen LogP contribution in [0, 0.1) is 0 Å². The summed E-state index contributed by atoms with van der Waals surface area (Å²) in [6, 6.07) is 16.3. The summed E-state index contributed by atoms with van der Waals surface area (Å²) in [6.45, 7) is 5.59. The standard InChI is InChI=1S/C23H24N2O5/c1-23(2,3)30-21(26)24-18-13-9-8-12-16(18)17-14-29-25(22(27)28-4)19(20(17)24)15-10-6-5-7-11-15/h5-13,19H,14H2,1-4H3. The third-order valence-corrected chi connectivity index (χ3v) is 4.91. The van der Waals surface area contributed by atoms with Gasteiger partial charge in [0.15, 0.2) is 0 Å². The van der Waals surface area contributed by atoms with E-state index in [9.17, 15) is 9.59 Å². The van der Waals surface area contributed by atoms with Gasteiger partial charge in [-0.05, 0) is 32.4 Å². The fourth-order valence-corrected chi connectivity index (χ4v) is 3.77. The SMILES string of the molecule is COC(=O)N1OCc2c(n(C(=O)OC(C)(C)C)c3ccccc23)C1c1ccccc1. The molecule has 1 amide bonds. The Morgan fingerprint density at radius 3 is 2.33 bits per heavy atom. The zero-order chi connectivity index (χ0) is 21.5. The minimum absolute atomic E-state index is 0.129. The molecule has 1 aromatic heterocycles. The molecule has 156 valence electrons. The highest BCUT2D eigenvalue weighted by molar-refractivity contribution is 5.94. The van der Waals surface area contributed by atoms with Crippen molar-refractivity contribution in [3.05, 3.63) is 71.4 Å². The lowest BCUT2D eigenvalue weighted by atomic mass is 9.98. The molecule has 0 N–H and O–H groups in total. The quantitative estimate of drug-likeness (QED) is 0.565. The molecule has 0 spiro atoms. The average Bonchev–Trinajstić information content (AvgIpc) is 3.06. The molecule has 7 nitrogen and oxygen atoms in total. The number of nitrogens with zero attached hydrogens (tertiary/aromatic N) is 2. The molecule has 2 heterocycles. The maximum atomic E-state index is 13.3. The van der Waals surface area contributed by atoms with Crippen molar-refractivity contribution in [3.63, 3.8) is 0 Å². The van der Waals surface area contributed by atoms with Crippen molar-refractivity contribution >= 4 is 23.1 Å². The number of carbonyl (C=O) groups is 2. The highest BCUT2D eigenvalue weighted by atomic mass is 16.7. The molecule has 1 atom stereocenters. The molecule has 1 aliphatic rings. The number of aromatic nitrogens is 1. The topological polar surface area (TPSA) is 70.0 Å². The monoisotopic (exact) mass is 408 g/mol. The van der Waals surface area contributed by atoms with Crippen LogP contribution in [0.3, 0.4) is 0 Å². The van der Waals surface area contributed by atoms with Gasteiger partial charge >= 0.3 is 12.2 Å². The Morgan fingerprint density at radius 1 is 1.00 bits per heavy atom. The zero-order valence-electron chi connectivity index (χ0n) is 17.4. The van der Waals surface area contributed by atoms with E-state index in [-0.39, 0.29) is 6.61 Å². The van der Waals surface area contributed by atoms with Crippen LogP contribution in [0.1, 0.15) is 43.6 Å². The minimum Gasteiger partial charge on any atom is -0.451 e. The van der Waals surface area contributed by atoms with Crippen molar-refractivity contribution in [3.8, 4) is 0 Å². The van der Waals surface area contributed by atoms with E-state index < -0.39 is 23.8 Å². The van der Waals surface area contributed by atoms with Gasteiger partial charge in [0.2, 0.25) is 0 Å². The van der Waals surface area contributed by atoms with Crippen LogP contribution in [0.5, 0.6) is 0 Å². The fraction of sp³-hybridized carbons (Fsp3) is 0.304. The second kappa shape index (κ2) is 7.50. The first-order valence-corrected chi connectivity index (χ1v) is 9.72. The smallest absolute Gasteiger partial charge is 0.434 e. The van der Waals surface area contributed by atoms with Gasteiger partial charge in [-0.1, -0.05) is 48.5 Å². The molecule has 1 aliphatic heterocycles. The normalized spacial score (nSPS) is 16.3. The van der Waals surface area contributed by atoms with E-state index in [4.69, 9.17) is 14.3 Å². The summed E-state index contributed by atoms with van der Waals surface area (Å²) in [4.78, 5) is 31.7. The Hall–Kier alpha value is -3.32. The number of hydrogen-bond donors (Lipinski definition) is 0. The number of benzene rings is 2. The van der Waals surface area contributed by atoms with Gasteiger partial charge in [-0.2, -0.15) is 5.06 Å². The van der Waals surface area contributed by atoms with E-state index in [1.54, 1.807) is 4.57 Å². The summed E-state index contributed by atoms with van der Waals surface area (Å²) < 4.78 is 12.2. The van der Waals surface area contributed by atoms with E-state index in [1.165, 1.54) is 12.2 Å². The number of methoxy groups -OCH3 is 1. The number of fused-ring (bicyclic) bond motifs is 3. The number of hydrogen-bond acceptors (Lipinski definition) is 5. The predicted octanol–water partition coefficient (Wildman–Crippen LogP) is 5.03. The van der Waals surface area contributed by atoms with Crippen LogP contribution in [0.15, 0.2) is 54.6 Å². The third kappa shape index (κ3) is 3.41. The minimum atomic E-state index is -0.678. The molecule has 3 aromatic rings. The van der Waals surface area contributed by atoms with Crippen molar-refractivity contribution in [2.75, 3.05) is 7.11 Å². The van der Waals surface area contributed by atoms with Gasteiger partial charge in [-0.15, -0.1) is 0 Å². The summed E-state index contributed by atoms with van der Waals surface area (Å²) in [5.41, 5.74) is 2.29. The molecule has 0 fully saturated rings. The van der Waals surface area contributed by atoms with Gasteiger partial charge < -0.3 is 9.47 Å². The lowest BCUT2D eigenvalue weighted by Gasteiger charge is -2.35. The van der Waals surface area contributed by atoms with Crippen LogP contribution in [-0.4, -0.2) is 34.5 Å². The Kier molecular flexibility index (Phi) is 4.99. The maximum absolute atomic E-state index is 13.3. The third-order valence-electron chi connectivity index (χ3n) is 4.91. The Balaban J connectivity index is 2.00. The van der Waals surface area contributed by atoms with Crippen molar-refractivity contribution in [1.29, 1.82) is 0 Å². The van der Waals surface area contributed by atoms with Gasteiger partial charge in [0.25, 0.3) is 0 Å². The summed E-state index contributed by atoms with van der Waals surface area (Å²) in [5.74, 6) is 0. The van der Waals surface area contributed by atoms with Crippen LogP contribution in [0.25, 0.3) is 10.9 Å². The first-order chi connectivity index (χ1) is 14.3. The Bertz CT molecular complexity index is 1100. The molecular formula is C23H24N2O5. The van der Waals surface area contributed by atoms with E-state index in [1.807, 2.05) is 75.4 Å². The summed E-state index contributed by atoms with van der Waals surface area (Å²) in [6.07, 6.45) is -1.15. The lowest BCUT2D eigenvalue weighted by Crippen LogP contribution is -2.41. The van der Waals surface area contributed by atoms with E-state index in [0.717, 1.165) is 16.5 Å². The molecule has 0 saturated heterocycles. The maximum Gasteiger partial charge on any atom is 0.434 e. The zero-order valence-corrected chi connectivity index (χ0v) is 17.4. The number of hydroxylamine groups is 2. The van der Waals surface area contributed by atoms with Gasteiger partial charge in [-0.3, -0.25) is 4.84 Å². The lowest BCUT2D eigenvalue weighted by molar-refractivity contribution is -0.173. The number of rotatable bonds is 1. The van der Waals surface area contributed by atoms with E-state index in [2.05, 4.69) is 0 Å². The fourth-order valence-electron chi connectivity index (χ4n) is 3.77. The summed E-state index contributed by atoms with van der Waals surface area (Å²) in [5, 5.41) is 2.06. The predicted molar refractivity (Wildman–Crippen MR) is 111 cm³/mol. The molecule has 4 rings (SSSR count). The second-order valence-electron chi connectivity index (χ2n) is 8.08. The molecule has 0 saturated carbocycles. The first-order valence-electron chi connectivity index (χ1n) is 9.72. The largest absolute Gasteiger partial charge is 0.451 e. The van der Waals surface area contributed by atoms with Gasteiger partial charge in [0.05, 0.1) is 18.3 Å². The molecule has 30 heavy (non-hydrogen) atoms. The van der Waals surface area contributed by atoms with Crippen molar-refractivity contribution in [2.45, 2.75) is 39.0 Å². The van der Waals surface area contributed by atoms with Crippen LogP contribution < -0.4 is 0 Å². The second-order valence-corrected chi connectivity index (χ2v) is 8.08. The first kappa shape index (κ1) is 20.0. The molecule has 0 bridgehead atoms. The molecular weight excluding hydrogens is 384 g/mol. The molecule has 7 heteroatoms. The summed E-state index contributed by atoms with van der Waals surface area (Å²) in [7, 11) is 1.30. The van der Waals surface area contributed by atoms with Crippen LogP contribution in [-0.2, 0) is 20.9 Å². The number of carbonyl (C=O) groups excluding carboxylic acids is 2. The van der Waals surface area contributed by atoms with Crippen LogP contribution in [0.4, 0.5) is 9.59 Å². The molecule has 0 radical (unpaired) electrons. The van der Waals surface area contributed by atoms with Crippen LogP contribution >= 0.6 is 0 Å². The highest BCUT2D eigenvalue weighted by Gasteiger charge is 2.40. The number of amides is 1. The van der Waals surface area contributed by atoms with Gasteiger partial charge in [0.1, 0.15) is 18.2 Å². The Morgan fingerprint density at radius 2 is 1.67 bits per heavy atom. The van der Waals surface area contributed by atoms with Gasteiger partial charge in [0, 0.05) is 10.9 Å². The molecule has 2 aromatic carbocycles.